The van der Waals surface area contributed by atoms with E-state index in [4.69, 9.17) is 0 Å². The average Bonchev–Trinajstić information content (AvgIpc) is 3.09. The number of rotatable bonds is 5. The first-order valence-electron chi connectivity index (χ1n) is 7.99. The highest BCUT2D eigenvalue weighted by Gasteiger charge is 2.17. The van der Waals surface area contributed by atoms with Crippen LogP contribution in [0.15, 0.2) is 53.9 Å². The van der Waals surface area contributed by atoms with Crippen molar-refractivity contribution in [1.82, 2.24) is 10.6 Å². The largest absolute Gasteiger partial charge is 0.387 e. The van der Waals surface area contributed by atoms with E-state index in [0.717, 1.165) is 15.6 Å². The highest BCUT2D eigenvalue weighted by Crippen LogP contribution is 2.29. The van der Waals surface area contributed by atoms with Gasteiger partial charge in [-0.3, -0.25) is 9.59 Å². The predicted octanol–water partition coefficient (Wildman–Crippen LogP) is 2.51. The Morgan fingerprint density at radius 3 is 2.50 bits per heavy atom. The molecule has 26 heavy (non-hydrogen) atoms. The standard InChI is InChI=1S/C19H17FN2O3S/c20-13-7-5-12(6-8-13)9-21-18(24)19(25)22-10-16(23)15-11-26-17-4-2-1-3-14(15)17/h1-8,11,16,23H,9-10H2,(H,21,24)(H,22,25). The van der Waals surface area contributed by atoms with Gasteiger partial charge in [-0.15, -0.1) is 11.3 Å². The van der Waals surface area contributed by atoms with Crippen molar-refractivity contribution in [1.29, 1.82) is 0 Å². The number of amides is 2. The molecule has 0 fully saturated rings. The quantitative estimate of drug-likeness (QED) is 0.602. The zero-order chi connectivity index (χ0) is 18.5. The fourth-order valence-electron chi connectivity index (χ4n) is 2.50. The molecule has 7 heteroatoms. The molecule has 5 nitrogen and oxygen atoms in total. The van der Waals surface area contributed by atoms with Gasteiger partial charge < -0.3 is 15.7 Å². The molecule has 0 spiro atoms. The summed E-state index contributed by atoms with van der Waals surface area (Å²) < 4.78 is 13.9. The van der Waals surface area contributed by atoms with Crippen LogP contribution in [0.5, 0.6) is 0 Å². The Hall–Kier alpha value is -2.77. The molecule has 1 unspecified atom stereocenters. The van der Waals surface area contributed by atoms with E-state index in [0.29, 0.717) is 5.56 Å². The lowest BCUT2D eigenvalue weighted by Gasteiger charge is -2.11. The Morgan fingerprint density at radius 1 is 1.04 bits per heavy atom. The van der Waals surface area contributed by atoms with Crippen LogP contribution in [0.2, 0.25) is 0 Å². The van der Waals surface area contributed by atoms with Crippen molar-refractivity contribution in [2.45, 2.75) is 12.6 Å². The Labute approximate surface area is 153 Å². The number of aliphatic hydroxyl groups excluding tert-OH is 1. The molecule has 0 bridgehead atoms. The van der Waals surface area contributed by atoms with Crippen molar-refractivity contribution >= 4 is 33.2 Å². The summed E-state index contributed by atoms with van der Waals surface area (Å²) in [6.07, 6.45) is -0.903. The predicted molar refractivity (Wildman–Crippen MR) is 98.0 cm³/mol. The maximum Gasteiger partial charge on any atom is 0.309 e. The number of halogens is 1. The molecule has 1 atom stereocenters. The number of benzene rings is 2. The van der Waals surface area contributed by atoms with Gasteiger partial charge in [-0.25, -0.2) is 4.39 Å². The van der Waals surface area contributed by atoms with E-state index in [-0.39, 0.29) is 18.9 Å². The highest BCUT2D eigenvalue weighted by atomic mass is 32.1. The number of hydrogen-bond acceptors (Lipinski definition) is 4. The van der Waals surface area contributed by atoms with Crippen molar-refractivity contribution in [3.8, 4) is 0 Å². The molecule has 0 saturated carbocycles. The van der Waals surface area contributed by atoms with Gasteiger partial charge in [-0.1, -0.05) is 30.3 Å². The van der Waals surface area contributed by atoms with Crippen LogP contribution in [0.3, 0.4) is 0 Å². The lowest BCUT2D eigenvalue weighted by molar-refractivity contribution is -0.139. The van der Waals surface area contributed by atoms with Crippen LogP contribution in [-0.2, 0) is 16.1 Å². The maximum atomic E-state index is 12.8. The Morgan fingerprint density at radius 2 is 1.73 bits per heavy atom. The summed E-state index contributed by atoms with van der Waals surface area (Å²) >= 11 is 1.51. The third-order valence-corrected chi connectivity index (χ3v) is 4.88. The van der Waals surface area contributed by atoms with Crippen LogP contribution >= 0.6 is 11.3 Å². The minimum absolute atomic E-state index is 0.0659. The molecule has 3 N–H and O–H groups in total. The van der Waals surface area contributed by atoms with E-state index in [1.54, 1.807) is 0 Å². The average molecular weight is 372 g/mol. The minimum atomic E-state index is -0.903. The summed E-state index contributed by atoms with van der Waals surface area (Å²) in [5, 5.41) is 17.9. The summed E-state index contributed by atoms with van der Waals surface area (Å²) in [6.45, 7) is 0.0494. The molecule has 3 aromatic rings. The molecule has 1 heterocycles. The lowest BCUT2D eigenvalue weighted by Crippen LogP contribution is -2.41. The first-order valence-corrected chi connectivity index (χ1v) is 8.87. The second-order valence-electron chi connectivity index (χ2n) is 5.72. The van der Waals surface area contributed by atoms with Gasteiger partial charge in [-0.05, 0) is 34.5 Å². The molecular formula is C19H17FN2O3S. The van der Waals surface area contributed by atoms with E-state index in [1.165, 1.54) is 35.6 Å². The van der Waals surface area contributed by atoms with Crippen molar-refractivity contribution in [2.75, 3.05) is 6.54 Å². The fourth-order valence-corrected chi connectivity index (χ4v) is 3.51. The molecule has 0 aliphatic carbocycles. The molecule has 0 saturated heterocycles. The van der Waals surface area contributed by atoms with Gasteiger partial charge in [-0.2, -0.15) is 0 Å². The van der Waals surface area contributed by atoms with Gasteiger partial charge >= 0.3 is 11.8 Å². The molecule has 2 amide bonds. The molecule has 0 aliphatic rings. The number of thiophene rings is 1. The zero-order valence-electron chi connectivity index (χ0n) is 13.7. The number of hydrogen-bond donors (Lipinski definition) is 3. The number of nitrogens with one attached hydrogen (secondary N) is 2. The van der Waals surface area contributed by atoms with E-state index >= 15 is 0 Å². The first kappa shape index (κ1) is 18.0. The normalized spacial score (nSPS) is 11.9. The number of carbonyl (C=O) groups excluding carboxylic acids is 2. The van der Waals surface area contributed by atoms with Gasteiger partial charge in [0.25, 0.3) is 0 Å². The second-order valence-corrected chi connectivity index (χ2v) is 6.63. The van der Waals surface area contributed by atoms with E-state index in [2.05, 4.69) is 10.6 Å². The van der Waals surface area contributed by atoms with Crippen LogP contribution in [0.25, 0.3) is 10.1 Å². The second kappa shape index (κ2) is 8.07. The van der Waals surface area contributed by atoms with Crippen molar-refractivity contribution in [2.24, 2.45) is 0 Å². The fraction of sp³-hybridized carbons (Fsp3) is 0.158. The van der Waals surface area contributed by atoms with Crippen LogP contribution in [-0.4, -0.2) is 23.5 Å². The molecule has 3 rings (SSSR count). The zero-order valence-corrected chi connectivity index (χ0v) is 14.6. The van der Waals surface area contributed by atoms with Crippen LogP contribution < -0.4 is 10.6 Å². The van der Waals surface area contributed by atoms with Gasteiger partial charge in [0.15, 0.2) is 0 Å². The van der Waals surface area contributed by atoms with Crippen molar-refractivity contribution in [3.05, 3.63) is 70.9 Å². The Kier molecular flexibility index (Phi) is 5.60. The monoisotopic (exact) mass is 372 g/mol. The smallest absolute Gasteiger partial charge is 0.309 e. The molecule has 2 aromatic carbocycles. The molecule has 1 aromatic heterocycles. The number of fused-ring (bicyclic) bond motifs is 1. The molecular weight excluding hydrogens is 355 g/mol. The van der Waals surface area contributed by atoms with Crippen LogP contribution in [0.1, 0.15) is 17.2 Å². The van der Waals surface area contributed by atoms with E-state index < -0.39 is 17.9 Å². The third kappa shape index (κ3) is 4.25. The van der Waals surface area contributed by atoms with E-state index in [1.807, 2.05) is 29.6 Å². The molecule has 0 radical (unpaired) electrons. The van der Waals surface area contributed by atoms with Crippen LogP contribution in [0, 0.1) is 5.82 Å². The summed E-state index contributed by atoms with van der Waals surface area (Å²) in [5.74, 6) is -2.00. The number of carbonyl (C=O) groups is 2. The Balaban J connectivity index is 1.51. The SMILES string of the molecule is O=C(NCc1ccc(F)cc1)C(=O)NCC(O)c1csc2ccccc12. The van der Waals surface area contributed by atoms with Gasteiger partial charge in [0.1, 0.15) is 5.82 Å². The van der Waals surface area contributed by atoms with E-state index in [9.17, 15) is 19.1 Å². The molecule has 134 valence electrons. The van der Waals surface area contributed by atoms with Gasteiger partial charge in [0.05, 0.1) is 6.10 Å². The van der Waals surface area contributed by atoms with Crippen LogP contribution in [0.4, 0.5) is 4.39 Å². The minimum Gasteiger partial charge on any atom is -0.387 e. The maximum absolute atomic E-state index is 12.8. The van der Waals surface area contributed by atoms with Gasteiger partial charge in [0.2, 0.25) is 0 Å². The topological polar surface area (TPSA) is 78.4 Å². The highest BCUT2D eigenvalue weighted by molar-refractivity contribution is 7.17. The van der Waals surface area contributed by atoms with Crippen molar-refractivity contribution < 1.29 is 19.1 Å². The number of aliphatic hydroxyl groups is 1. The summed E-state index contributed by atoms with van der Waals surface area (Å²) in [6, 6.07) is 13.3. The summed E-state index contributed by atoms with van der Waals surface area (Å²) in [5.41, 5.74) is 1.40. The summed E-state index contributed by atoms with van der Waals surface area (Å²) in [7, 11) is 0. The summed E-state index contributed by atoms with van der Waals surface area (Å²) in [4.78, 5) is 23.7. The molecule has 0 aliphatic heterocycles. The van der Waals surface area contributed by atoms with Crippen molar-refractivity contribution in [3.63, 3.8) is 0 Å². The first-order chi connectivity index (χ1) is 12.5. The third-order valence-electron chi connectivity index (χ3n) is 3.90. The lowest BCUT2D eigenvalue weighted by atomic mass is 10.1. The Bertz CT molecular complexity index is 924. The van der Waals surface area contributed by atoms with Gasteiger partial charge in [0, 0.05) is 23.4 Å².